The van der Waals surface area contributed by atoms with Crippen LogP contribution in [-0.4, -0.2) is 24.9 Å². The van der Waals surface area contributed by atoms with E-state index in [9.17, 15) is 4.79 Å². The van der Waals surface area contributed by atoms with E-state index in [2.05, 4.69) is 16.8 Å². The maximum atomic E-state index is 11.9. The van der Waals surface area contributed by atoms with Crippen LogP contribution in [-0.2, 0) is 6.42 Å². The summed E-state index contributed by atoms with van der Waals surface area (Å²) in [5.41, 5.74) is 3.25. The van der Waals surface area contributed by atoms with Crippen molar-refractivity contribution < 1.29 is 4.79 Å². The summed E-state index contributed by atoms with van der Waals surface area (Å²) < 4.78 is 0. The predicted octanol–water partition coefficient (Wildman–Crippen LogP) is 3.94. The van der Waals surface area contributed by atoms with Gasteiger partial charge in [0.15, 0.2) is 0 Å². The topological polar surface area (TPSA) is 32.3 Å². The van der Waals surface area contributed by atoms with Crippen LogP contribution in [0.15, 0.2) is 35.7 Å². The maximum absolute atomic E-state index is 11.9. The van der Waals surface area contributed by atoms with E-state index in [-0.39, 0.29) is 5.91 Å². The number of carbonyl (C=O) groups is 1. The van der Waals surface area contributed by atoms with Gasteiger partial charge in [-0.05, 0) is 60.5 Å². The molecule has 1 N–H and O–H groups in total. The summed E-state index contributed by atoms with van der Waals surface area (Å²) in [6, 6.07) is 10.4. The van der Waals surface area contributed by atoms with Gasteiger partial charge in [-0.2, -0.15) is 0 Å². The lowest BCUT2D eigenvalue weighted by molar-refractivity contribution is 0.0827. The zero-order valence-corrected chi connectivity index (χ0v) is 13.2. The molecule has 1 amide bonds. The summed E-state index contributed by atoms with van der Waals surface area (Å²) in [7, 11) is 3.54. The molecule has 0 saturated heterocycles. The molecule has 1 aromatic carbocycles. The smallest absolute Gasteiger partial charge is 0.253 e. The highest BCUT2D eigenvalue weighted by atomic mass is 32.1. The van der Waals surface area contributed by atoms with Crippen molar-refractivity contribution in [3.63, 3.8) is 0 Å². The highest BCUT2D eigenvalue weighted by Gasteiger charge is 2.20. The van der Waals surface area contributed by atoms with Gasteiger partial charge in [0.05, 0.1) is 6.04 Å². The Kier molecular flexibility index (Phi) is 3.97. The summed E-state index contributed by atoms with van der Waals surface area (Å²) in [5.74, 6) is 0.0411. The fraction of sp³-hybridized carbons (Fsp3) is 0.353. The minimum atomic E-state index is 0.0411. The van der Waals surface area contributed by atoms with Gasteiger partial charge in [0.1, 0.15) is 0 Å². The van der Waals surface area contributed by atoms with Gasteiger partial charge in [-0.15, -0.1) is 11.3 Å². The van der Waals surface area contributed by atoms with Gasteiger partial charge in [0.2, 0.25) is 0 Å². The lowest BCUT2D eigenvalue weighted by atomic mass is 9.94. The lowest BCUT2D eigenvalue weighted by Gasteiger charge is -2.24. The van der Waals surface area contributed by atoms with Crippen LogP contribution in [0.2, 0.25) is 0 Å². The first-order valence-corrected chi connectivity index (χ1v) is 8.17. The van der Waals surface area contributed by atoms with Crippen LogP contribution in [0, 0.1) is 0 Å². The molecule has 0 radical (unpaired) electrons. The molecular weight excluding hydrogens is 280 g/mol. The van der Waals surface area contributed by atoms with Crippen molar-refractivity contribution in [1.29, 1.82) is 0 Å². The monoisotopic (exact) mass is 300 g/mol. The number of thiophene rings is 1. The minimum Gasteiger partial charge on any atom is -0.378 e. The number of nitrogens with one attached hydrogen (secondary N) is 1. The van der Waals surface area contributed by atoms with Gasteiger partial charge in [0.25, 0.3) is 5.91 Å². The Morgan fingerprint density at radius 1 is 1.24 bits per heavy atom. The highest BCUT2D eigenvalue weighted by molar-refractivity contribution is 7.10. The Hall–Kier alpha value is -1.81. The third kappa shape index (κ3) is 2.95. The van der Waals surface area contributed by atoms with E-state index in [0.717, 1.165) is 11.3 Å². The molecule has 3 rings (SSSR count). The Morgan fingerprint density at radius 3 is 2.71 bits per heavy atom. The summed E-state index contributed by atoms with van der Waals surface area (Å²) in [6.45, 7) is 0. The summed E-state index contributed by atoms with van der Waals surface area (Å²) >= 11 is 1.86. The van der Waals surface area contributed by atoms with E-state index < -0.39 is 0 Å². The Balaban J connectivity index is 1.74. The second-order valence-corrected chi connectivity index (χ2v) is 6.67. The molecule has 0 saturated carbocycles. The minimum absolute atomic E-state index is 0.0411. The number of aryl methyl sites for hydroxylation is 1. The lowest BCUT2D eigenvalue weighted by Crippen LogP contribution is -2.21. The van der Waals surface area contributed by atoms with Crippen LogP contribution in [0.5, 0.6) is 0 Å². The number of carbonyl (C=O) groups excluding carboxylic acids is 1. The fourth-order valence-electron chi connectivity index (χ4n) is 2.80. The Bertz CT molecular complexity index is 630. The molecule has 1 atom stereocenters. The molecule has 0 fully saturated rings. The molecule has 1 aliphatic rings. The molecular formula is C17H20N2OS. The van der Waals surface area contributed by atoms with E-state index in [1.165, 1.54) is 29.7 Å². The van der Waals surface area contributed by atoms with E-state index in [1.54, 1.807) is 19.0 Å². The van der Waals surface area contributed by atoms with Gasteiger partial charge < -0.3 is 10.2 Å². The molecule has 2 aromatic rings. The molecule has 3 nitrogen and oxygen atoms in total. The second kappa shape index (κ2) is 5.90. The van der Waals surface area contributed by atoms with Gasteiger partial charge >= 0.3 is 0 Å². The normalized spacial score (nSPS) is 17.1. The van der Waals surface area contributed by atoms with Crippen molar-refractivity contribution in [2.75, 3.05) is 19.4 Å². The molecule has 4 heteroatoms. The van der Waals surface area contributed by atoms with Crippen molar-refractivity contribution in [2.24, 2.45) is 0 Å². The summed E-state index contributed by atoms with van der Waals surface area (Å²) in [6.07, 6.45) is 3.62. The Labute approximate surface area is 129 Å². The molecule has 110 valence electrons. The Morgan fingerprint density at radius 2 is 2.00 bits per heavy atom. The van der Waals surface area contributed by atoms with E-state index in [4.69, 9.17) is 0 Å². The first kappa shape index (κ1) is 14.1. The van der Waals surface area contributed by atoms with E-state index >= 15 is 0 Å². The van der Waals surface area contributed by atoms with Gasteiger partial charge in [-0.1, -0.05) is 0 Å². The molecule has 1 heterocycles. The zero-order valence-electron chi connectivity index (χ0n) is 12.4. The number of hydrogen-bond donors (Lipinski definition) is 1. The number of anilines is 1. The summed E-state index contributed by atoms with van der Waals surface area (Å²) in [4.78, 5) is 15.0. The van der Waals surface area contributed by atoms with E-state index in [0.29, 0.717) is 6.04 Å². The first-order chi connectivity index (χ1) is 10.1. The number of rotatable bonds is 3. The molecule has 1 aliphatic carbocycles. The van der Waals surface area contributed by atoms with Crippen LogP contribution in [0.1, 0.15) is 39.7 Å². The van der Waals surface area contributed by atoms with Crippen molar-refractivity contribution in [3.05, 3.63) is 51.7 Å². The maximum Gasteiger partial charge on any atom is 0.253 e. The highest BCUT2D eigenvalue weighted by Crippen LogP contribution is 2.35. The van der Waals surface area contributed by atoms with Crippen LogP contribution in [0.3, 0.4) is 0 Å². The van der Waals surface area contributed by atoms with Gasteiger partial charge in [-0.25, -0.2) is 0 Å². The molecule has 0 aliphatic heterocycles. The van der Waals surface area contributed by atoms with Gasteiger partial charge in [-0.3, -0.25) is 4.79 Å². The fourth-order valence-corrected chi connectivity index (χ4v) is 3.79. The third-order valence-corrected chi connectivity index (χ3v) is 4.93. The van der Waals surface area contributed by atoms with Crippen molar-refractivity contribution >= 4 is 22.9 Å². The molecule has 0 bridgehead atoms. The van der Waals surface area contributed by atoms with Gasteiger partial charge in [0, 0.05) is 30.2 Å². The average molecular weight is 300 g/mol. The average Bonchev–Trinajstić information content (AvgIpc) is 2.97. The van der Waals surface area contributed by atoms with Crippen molar-refractivity contribution in [1.82, 2.24) is 4.90 Å². The first-order valence-electron chi connectivity index (χ1n) is 7.29. The number of hydrogen-bond acceptors (Lipinski definition) is 3. The number of fused-ring (bicyclic) bond motifs is 1. The van der Waals surface area contributed by atoms with Crippen LogP contribution < -0.4 is 5.32 Å². The third-order valence-electron chi connectivity index (χ3n) is 3.93. The van der Waals surface area contributed by atoms with E-state index in [1.807, 2.05) is 35.6 Å². The van der Waals surface area contributed by atoms with Crippen molar-refractivity contribution in [2.45, 2.75) is 25.3 Å². The molecule has 21 heavy (non-hydrogen) atoms. The largest absolute Gasteiger partial charge is 0.378 e. The predicted molar refractivity (Wildman–Crippen MR) is 88.1 cm³/mol. The molecule has 1 aromatic heterocycles. The van der Waals surface area contributed by atoms with Crippen LogP contribution >= 0.6 is 11.3 Å². The zero-order chi connectivity index (χ0) is 14.8. The SMILES string of the molecule is CN(C)C(=O)c1ccc(NC2CCCc3sccc32)cc1. The second-order valence-electron chi connectivity index (χ2n) is 5.67. The summed E-state index contributed by atoms with van der Waals surface area (Å²) in [5, 5.41) is 5.78. The quantitative estimate of drug-likeness (QED) is 0.931. The van der Waals surface area contributed by atoms with Crippen molar-refractivity contribution in [3.8, 4) is 0 Å². The number of amides is 1. The van der Waals surface area contributed by atoms with Crippen LogP contribution in [0.25, 0.3) is 0 Å². The standard InChI is InChI=1S/C17H20N2OS/c1-19(2)17(20)12-6-8-13(9-7-12)18-15-4-3-5-16-14(15)10-11-21-16/h6-11,15,18H,3-5H2,1-2H3. The number of benzene rings is 1. The van der Waals surface area contributed by atoms with Crippen LogP contribution in [0.4, 0.5) is 5.69 Å². The molecule has 0 spiro atoms. The molecule has 1 unspecified atom stereocenters. The number of nitrogens with zero attached hydrogens (tertiary/aromatic N) is 1.